The molecule has 0 aliphatic heterocycles. The number of thiophene rings is 1. The van der Waals surface area contributed by atoms with E-state index in [9.17, 15) is 4.79 Å². The Morgan fingerprint density at radius 2 is 2.35 bits per heavy atom. The van der Waals surface area contributed by atoms with Crippen LogP contribution in [0.3, 0.4) is 0 Å². The summed E-state index contributed by atoms with van der Waals surface area (Å²) in [6.07, 6.45) is 4.93. The second-order valence-corrected chi connectivity index (χ2v) is 5.78. The molecule has 1 aromatic rings. The SMILES string of the molecule is CCCc1cc(OCCCSC)c(C(=O)O)s1. The van der Waals surface area contributed by atoms with Crippen molar-refractivity contribution in [3.8, 4) is 5.75 Å². The summed E-state index contributed by atoms with van der Waals surface area (Å²) in [6, 6.07) is 1.87. The maximum atomic E-state index is 11.1. The van der Waals surface area contributed by atoms with Gasteiger partial charge in [0.1, 0.15) is 5.75 Å². The van der Waals surface area contributed by atoms with E-state index in [1.165, 1.54) is 11.3 Å². The van der Waals surface area contributed by atoms with Crippen molar-refractivity contribution in [1.29, 1.82) is 0 Å². The highest BCUT2D eigenvalue weighted by molar-refractivity contribution is 7.98. The fourth-order valence-electron chi connectivity index (χ4n) is 1.43. The van der Waals surface area contributed by atoms with Crippen LogP contribution in [0.1, 0.15) is 34.3 Å². The fourth-order valence-corrected chi connectivity index (χ4v) is 2.88. The molecule has 96 valence electrons. The lowest BCUT2D eigenvalue weighted by Crippen LogP contribution is -2.02. The predicted molar refractivity (Wildman–Crippen MR) is 73.8 cm³/mol. The molecular formula is C12H18O3S2. The first-order chi connectivity index (χ1) is 8.19. The summed E-state index contributed by atoms with van der Waals surface area (Å²) in [6.45, 7) is 2.67. The summed E-state index contributed by atoms with van der Waals surface area (Å²) in [4.78, 5) is 12.5. The van der Waals surface area contributed by atoms with Gasteiger partial charge in [0, 0.05) is 4.88 Å². The Kier molecular flexibility index (Phi) is 6.44. The largest absolute Gasteiger partial charge is 0.492 e. The quantitative estimate of drug-likeness (QED) is 0.737. The van der Waals surface area contributed by atoms with E-state index in [2.05, 4.69) is 6.92 Å². The highest BCUT2D eigenvalue weighted by Crippen LogP contribution is 2.30. The van der Waals surface area contributed by atoms with Gasteiger partial charge in [0.25, 0.3) is 0 Å². The number of rotatable bonds is 8. The number of carbonyl (C=O) groups is 1. The van der Waals surface area contributed by atoms with Crippen LogP contribution < -0.4 is 4.74 Å². The average molecular weight is 274 g/mol. The Bertz CT molecular complexity index is 361. The van der Waals surface area contributed by atoms with Crippen LogP contribution in [-0.4, -0.2) is 29.7 Å². The van der Waals surface area contributed by atoms with Crippen molar-refractivity contribution in [2.24, 2.45) is 0 Å². The zero-order valence-corrected chi connectivity index (χ0v) is 11.8. The van der Waals surface area contributed by atoms with Crippen LogP contribution in [0.15, 0.2) is 6.07 Å². The van der Waals surface area contributed by atoms with Crippen LogP contribution in [0.25, 0.3) is 0 Å². The molecule has 0 atom stereocenters. The minimum atomic E-state index is -0.891. The summed E-state index contributed by atoms with van der Waals surface area (Å²) >= 11 is 3.09. The summed E-state index contributed by atoms with van der Waals surface area (Å²) in [5.74, 6) is 0.679. The van der Waals surface area contributed by atoms with Crippen molar-refractivity contribution in [3.05, 3.63) is 15.8 Å². The van der Waals surface area contributed by atoms with Gasteiger partial charge in [0.15, 0.2) is 4.88 Å². The van der Waals surface area contributed by atoms with Gasteiger partial charge in [-0.05, 0) is 30.9 Å². The molecule has 1 rings (SSSR count). The number of ether oxygens (including phenoxy) is 1. The first-order valence-corrected chi connectivity index (χ1v) is 7.87. The van der Waals surface area contributed by atoms with Gasteiger partial charge in [0.05, 0.1) is 6.61 Å². The molecule has 0 saturated carbocycles. The van der Waals surface area contributed by atoms with Gasteiger partial charge in [-0.2, -0.15) is 11.8 Å². The van der Waals surface area contributed by atoms with Gasteiger partial charge < -0.3 is 9.84 Å². The Morgan fingerprint density at radius 3 is 2.94 bits per heavy atom. The zero-order chi connectivity index (χ0) is 12.7. The number of hydrogen-bond acceptors (Lipinski definition) is 4. The summed E-state index contributed by atoms with van der Waals surface area (Å²) < 4.78 is 5.54. The van der Waals surface area contributed by atoms with Crippen molar-refractivity contribution in [2.75, 3.05) is 18.6 Å². The molecule has 0 aliphatic carbocycles. The van der Waals surface area contributed by atoms with Crippen molar-refractivity contribution >= 4 is 29.1 Å². The number of carboxylic acid groups (broad SMARTS) is 1. The fraction of sp³-hybridized carbons (Fsp3) is 0.583. The second kappa shape index (κ2) is 7.61. The minimum Gasteiger partial charge on any atom is -0.492 e. The summed E-state index contributed by atoms with van der Waals surface area (Å²) in [5, 5.41) is 9.08. The smallest absolute Gasteiger partial charge is 0.349 e. The molecule has 0 bridgehead atoms. The van der Waals surface area contributed by atoms with Gasteiger partial charge >= 0.3 is 5.97 Å². The van der Waals surface area contributed by atoms with Crippen LogP contribution in [0.4, 0.5) is 0 Å². The number of aryl methyl sites for hydroxylation is 1. The van der Waals surface area contributed by atoms with E-state index in [4.69, 9.17) is 9.84 Å². The summed E-state index contributed by atoms with van der Waals surface area (Å²) in [7, 11) is 0. The van der Waals surface area contributed by atoms with Gasteiger partial charge in [-0.25, -0.2) is 4.79 Å². The molecule has 0 spiro atoms. The van der Waals surface area contributed by atoms with Crippen molar-refractivity contribution in [1.82, 2.24) is 0 Å². The third-order valence-corrected chi connectivity index (χ3v) is 4.05. The highest BCUT2D eigenvalue weighted by Gasteiger charge is 2.16. The molecule has 0 radical (unpaired) electrons. The third kappa shape index (κ3) is 4.60. The van der Waals surface area contributed by atoms with Crippen LogP contribution in [0.5, 0.6) is 5.75 Å². The van der Waals surface area contributed by atoms with E-state index in [-0.39, 0.29) is 0 Å². The first kappa shape index (κ1) is 14.4. The normalized spacial score (nSPS) is 10.5. The van der Waals surface area contributed by atoms with Crippen LogP contribution in [0.2, 0.25) is 0 Å². The topological polar surface area (TPSA) is 46.5 Å². The van der Waals surface area contributed by atoms with E-state index in [0.29, 0.717) is 17.2 Å². The van der Waals surface area contributed by atoms with E-state index < -0.39 is 5.97 Å². The van der Waals surface area contributed by atoms with E-state index in [0.717, 1.165) is 29.9 Å². The van der Waals surface area contributed by atoms with Crippen molar-refractivity contribution < 1.29 is 14.6 Å². The van der Waals surface area contributed by atoms with Crippen LogP contribution in [-0.2, 0) is 6.42 Å². The number of thioether (sulfide) groups is 1. The van der Waals surface area contributed by atoms with E-state index in [1.54, 1.807) is 11.8 Å². The standard InChI is InChI=1S/C12H18O3S2/c1-3-5-9-8-10(11(17-9)12(13)14)15-6-4-7-16-2/h8H,3-7H2,1-2H3,(H,13,14). The lowest BCUT2D eigenvalue weighted by molar-refractivity contribution is 0.0698. The Hall–Kier alpha value is -0.680. The Labute approximate surface area is 110 Å². The van der Waals surface area contributed by atoms with Gasteiger partial charge in [0.2, 0.25) is 0 Å². The predicted octanol–water partition coefficient (Wildman–Crippen LogP) is 3.53. The summed E-state index contributed by atoms with van der Waals surface area (Å²) in [5.41, 5.74) is 0. The number of aromatic carboxylic acids is 1. The maximum Gasteiger partial charge on any atom is 0.349 e. The van der Waals surface area contributed by atoms with Gasteiger partial charge in [-0.1, -0.05) is 13.3 Å². The average Bonchev–Trinajstić information content (AvgIpc) is 2.68. The molecule has 17 heavy (non-hydrogen) atoms. The molecule has 1 N–H and O–H groups in total. The monoisotopic (exact) mass is 274 g/mol. The highest BCUT2D eigenvalue weighted by atomic mass is 32.2. The molecule has 1 aromatic heterocycles. The third-order valence-electron chi connectivity index (χ3n) is 2.19. The molecule has 0 fully saturated rings. The first-order valence-electron chi connectivity index (χ1n) is 5.66. The van der Waals surface area contributed by atoms with E-state index >= 15 is 0 Å². The second-order valence-electron chi connectivity index (χ2n) is 3.66. The lowest BCUT2D eigenvalue weighted by atomic mass is 10.3. The van der Waals surface area contributed by atoms with Gasteiger partial charge in [-0.3, -0.25) is 0 Å². The molecular weight excluding hydrogens is 256 g/mol. The van der Waals surface area contributed by atoms with Crippen LogP contribution >= 0.6 is 23.1 Å². The van der Waals surface area contributed by atoms with Gasteiger partial charge in [-0.15, -0.1) is 11.3 Å². The van der Waals surface area contributed by atoms with E-state index in [1.807, 2.05) is 12.3 Å². The molecule has 0 saturated heterocycles. The molecule has 0 aliphatic rings. The van der Waals surface area contributed by atoms with Crippen molar-refractivity contribution in [2.45, 2.75) is 26.2 Å². The molecule has 1 heterocycles. The molecule has 0 amide bonds. The maximum absolute atomic E-state index is 11.1. The number of hydrogen-bond donors (Lipinski definition) is 1. The number of carboxylic acids is 1. The molecule has 0 aromatic carbocycles. The molecule has 5 heteroatoms. The Balaban J connectivity index is 2.64. The zero-order valence-electron chi connectivity index (χ0n) is 10.2. The van der Waals surface area contributed by atoms with Crippen LogP contribution in [0, 0.1) is 0 Å². The van der Waals surface area contributed by atoms with Crippen molar-refractivity contribution in [3.63, 3.8) is 0 Å². The Morgan fingerprint density at radius 1 is 1.59 bits per heavy atom. The molecule has 3 nitrogen and oxygen atoms in total. The molecule has 0 unspecified atom stereocenters. The lowest BCUT2D eigenvalue weighted by Gasteiger charge is -2.03. The minimum absolute atomic E-state index is 0.331.